The third-order valence-corrected chi connectivity index (χ3v) is 4.58. The first kappa shape index (κ1) is 18.6. The van der Waals surface area contributed by atoms with Crippen molar-refractivity contribution in [3.63, 3.8) is 0 Å². The average molecular weight is 334 g/mol. The molecule has 3 nitrogen and oxygen atoms in total. The van der Waals surface area contributed by atoms with E-state index >= 15 is 0 Å². The largest absolute Gasteiger partial charge is 0.383 e. The molecule has 0 saturated carbocycles. The molecule has 2 aliphatic heterocycles. The SMILES string of the molecule is C#C.CC(=O)N1CCC2=C(NC/C=C\C=C/C2)C1c1ccc(C)cc1. The minimum absolute atomic E-state index is 0.00301. The first-order chi connectivity index (χ1) is 12.2. The molecule has 1 aromatic carbocycles. The van der Waals surface area contributed by atoms with E-state index in [0.29, 0.717) is 0 Å². The third-order valence-electron chi connectivity index (χ3n) is 4.58. The highest BCUT2D eigenvalue weighted by Gasteiger charge is 2.32. The molecule has 0 aliphatic carbocycles. The Labute approximate surface area is 151 Å². The van der Waals surface area contributed by atoms with Crippen molar-refractivity contribution in [2.24, 2.45) is 0 Å². The van der Waals surface area contributed by atoms with Crippen LogP contribution in [0.3, 0.4) is 0 Å². The number of carbonyl (C=O) groups is 1. The molecule has 1 unspecified atom stereocenters. The quantitative estimate of drug-likeness (QED) is 0.790. The molecular weight excluding hydrogens is 308 g/mol. The monoisotopic (exact) mass is 334 g/mol. The summed E-state index contributed by atoms with van der Waals surface area (Å²) >= 11 is 0. The fourth-order valence-corrected chi connectivity index (χ4v) is 3.34. The third kappa shape index (κ3) is 4.42. The summed E-state index contributed by atoms with van der Waals surface area (Å²) < 4.78 is 0. The Kier molecular flexibility index (Phi) is 6.65. The van der Waals surface area contributed by atoms with Crippen LogP contribution in [0.15, 0.2) is 59.8 Å². The van der Waals surface area contributed by atoms with Crippen molar-refractivity contribution < 1.29 is 4.79 Å². The lowest BCUT2D eigenvalue weighted by atomic mass is 9.90. The fraction of sp³-hybridized carbons (Fsp3) is 0.318. The van der Waals surface area contributed by atoms with Crippen LogP contribution in [-0.2, 0) is 4.79 Å². The average Bonchev–Trinajstić information content (AvgIpc) is 2.75. The van der Waals surface area contributed by atoms with Gasteiger partial charge in [0.15, 0.2) is 0 Å². The summed E-state index contributed by atoms with van der Waals surface area (Å²) in [6.45, 7) is 5.33. The molecule has 3 heteroatoms. The summed E-state index contributed by atoms with van der Waals surface area (Å²) in [5, 5.41) is 3.57. The molecule has 2 heterocycles. The van der Waals surface area contributed by atoms with Gasteiger partial charge < -0.3 is 10.2 Å². The van der Waals surface area contributed by atoms with Crippen molar-refractivity contribution in [3.8, 4) is 12.8 Å². The number of hydrogen-bond acceptors (Lipinski definition) is 2. The predicted octanol–water partition coefficient (Wildman–Crippen LogP) is 3.90. The van der Waals surface area contributed by atoms with E-state index in [9.17, 15) is 4.79 Å². The van der Waals surface area contributed by atoms with Crippen molar-refractivity contribution >= 4 is 5.91 Å². The lowest BCUT2D eigenvalue weighted by Crippen LogP contribution is -2.42. The van der Waals surface area contributed by atoms with Crippen LogP contribution < -0.4 is 5.32 Å². The molecule has 2 aliphatic rings. The summed E-state index contributed by atoms with van der Waals surface area (Å²) in [7, 11) is 0. The normalized spacial score (nSPS) is 22.1. The van der Waals surface area contributed by atoms with Crippen LogP contribution in [0, 0.1) is 19.8 Å². The summed E-state index contributed by atoms with van der Waals surface area (Å²) in [6, 6.07) is 8.53. The molecule has 0 bridgehead atoms. The van der Waals surface area contributed by atoms with Gasteiger partial charge in [-0.3, -0.25) is 4.79 Å². The van der Waals surface area contributed by atoms with Gasteiger partial charge in [0, 0.05) is 25.7 Å². The first-order valence-electron chi connectivity index (χ1n) is 8.61. The van der Waals surface area contributed by atoms with E-state index in [2.05, 4.69) is 73.7 Å². The number of benzene rings is 1. The van der Waals surface area contributed by atoms with Gasteiger partial charge in [-0.2, -0.15) is 0 Å². The lowest BCUT2D eigenvalue weighted by molar-refractivity contribution is -0.131. The summed E-state index contributed by atoms with van der Waals surface area (Å²) in [5.41, 5.74) is 5.03. The van der Waals surface area contributed by atoms with Crippen molar-refractivity contribution in [1.29, 1.82) is 0 Å². The minimum atomic E-state index is -0.00301. The second kappa shape index (κ2) is 8.94. The number of amides is 1. The molecule has 1 aromatic rings. The first-order valence-corrected chi connectivity index (χ1v) is 8.61. The molecule has 3 rings (SSSR count). The lowest BCUT2D eigenvalue weighted by Gasteiger charge is -2.39. The summed E-state index contributed by atoms with van der Waals surface area (Å²) in [6.07, 6.45) is 18.4. The Hall–Kier alpha value is -2.73. The molecule has 1 N–H and O–H groups in total. The highest BCUT2D eigenvalue weighted by Crippen LogP contribution is 2.36. The number of rotatable bonds is 1. The van der Waals surface area contributed by atoms with Crippen molar-refractivity contribution in [1.82, 2.24) is 10.2 Å². The minimum Gasteiger partial charge on any atom is -0.383 e. The molecule has 130 valence electrons. The van der Waals surface area contributed by atoms with E-state index in [0.717, 1.165) is 25.9 Å². The molecule has 0 radical (unpaired) electrons. The Bertz CT molecular complexity index is 707. The van der Waals surface area contributed by atoms with Crippen molar-refractivity contribution in [3.05, 3.63) is 71.0 Å². The number of allylic oxidation sites excluding steroid dienone is 3. The maximum Gasteiger partial charge on any atom is 0.220 e. The molecule has 1 amide bonds. The number of hydrogen-bond donors (Lipinski definition) is 1. The molecule has 0 aromatic heterocycles. The van der Waals surface area contributed by atoms with Crippen LogP contribution in [-0.4, -0.2) is 23.9 Å². The van der Waals surface area contributed by atoms with Crippen LogP contribution in [0.2, 0.25) is 0 Å². The zero-order valence-corrected chi connectivity index (χ0v) is 15.0. The van der Waals surface area contributed by atoms with E-state index in [1.807, 2.05) is 4.90 Å². The molecule has 0 spiro atoms. The van der Waals surface area contributed by atoms with E-state index in [-0.39, 0.29) is 11.9 Å². The van der Waals surface area contributed by atoms with Gasteiger partial charge >= 0.3 is 0 Å². The van der Waals surface area contributed by atoms with Gasteiger partial charge in [-0.05, 0) is 30.9 Å². The Morgan fingerprint density at radius 3 is 2.52 bits per heavy atom. The van der Waals surface area contributed by atoms with Crippen LogP contribution in [0.5, 0.6) is 0 Å². The maximum atomic E-state index is 12.2. The summed E-state index contributed by atoms with van der Waals surface area (Å²) in [4.78, 5) is 14.2. The Balaban J connectivity index is 0.00000109. The van der Waals surface area contributed by atoms with Crippen LogP contribution in [0.25, 0.3) is 0 Å². The zero-order chi connectivity index (χ0) is 18.2. The van der Waals surface area contributed by atoms with E-state index in [1.165, 1.54) is 22.4 Å². The van der Waals surface area contributed by atoms with Crippen LogP contribution in [0.4, 0.5) is 0 Å². The van der Waals surface area contributed by atoms with E-state index in [1.54, 1.807) is 6.92 Å². The fourth-order valence-electron chi connectivity index (χ4n) is 3.34. The van der Waals surface area contributed by atoms with Gasteiger partial charge in [-0.25, -0.2) is 0 Å². The number of nitrogens with zero attached hydrogens (tertiary/aromatic N) is 1. The highest BCUT2D eigenvalue weighted by atomic mass is 16.2. The Morgan fingerprint density at radius 2 is 1.84 bits per heavy atom. The van der Waals surface area contributed by atoms with Crippen molar-refractivity contribution in [2.75, 3.05) is 13.1 Å². The Morgan fingerprint density at radius 1 is 1.16 bits per heavy atom. The topological polar surface area (TPSA) is 32.3 Å². The number of aryl methyl sites for hydroxylation is 1. The van der Waals surface area contributed by atoms with Crippen molar-refractivity contribution in [2.45, 2.75) is 32.7 Å². The van der Waals surface area contributed by atoms with Gasteiger partial charge in [-0.1, -0.05) is 54.1 Å². The maximum absolute atomic E-state index is 12.2. The molecule has 0 saturated heterocycles. The van der Waals surface area contributed by atoms with Gasteiger partial charge in [0.1, 0.15) is 0 Å². The van der Waals surface area contributed by atoms with Gasteiger partial charge in [0.05, 0.1) is 6.04 Å². The molecular formula is C22H26N2O. The molecule has 25 heavy (non-hydrogen) atoms. The summed E-state index contributed by atoms with van der Waals surface area (Å²) in [5.74, 6) is 0.134. The second-order valence-electron chi connectivity index (χ2n) is 6.23. The van der Waals surface area contributed by atoms with Crippen LogP contribution >= 0.6 is 0 Å². The molecule has 0 fully saturated rings. The van der Waals surface area contributed by atoms with E-state index < -0.39 is 0 Å². The van der Waals surface area contributed by atoms with Crippen LogP contribution in [0.1, 0.15) is 36.9 Å². The van der Waals surface area contributed by atoms with Gasteiger partial charge in [0.25, 0.3) is 0 Å². The second-order valence-corrected chi connectivity index (χ2v) is 6.23. The molecule has 1 atom stereocenters. The standard InChI is InChI=1S/C20H24N2O.C2H2/c1-15-8-10-18(11-9-15)20-19-17(12-14-22(20)16(2)23)7-5-3-4-6-13-21-19;1-2/h3-6,8-11,20-21H,7,12-14H2,1-2H3;1-2H/b5-3-,6-4-;. The number of nitrogens with one attached hydrogen (secondary N) is 1. The zero-order valence-electron chi connectivity index (χ0n) is 15.0. The number of carbonyl (C=O) groups excluding carboxylic acids is 1. The number of terminal acetylenes is 1. The highest BCUT2D eigenvalue weighted by molar-refractivity contribution is 5.75. The predicted molar refractivity (Wildman–Crippen MR) is 104 cm³/mol. The smallest absolute Gasteiger partial charge is 0.220 e. The van der Waals surface area contributed by atoms with Gasteiger partial charge in [-0.15, -0.1) is 12.8 Å². The van der Waals surface area contributed by atoms with E-state index in [4.69, 9.17) is 0 Å². The van der Waals surface area contributed by atoms with Gasteiger partial charge in [0.2, 0.25) is 5.91 Å².